The summed E-state index contributed by atoms with van der Waals surface area (Å²) in [5, 5.41) is 11.7. The Hall–Kier alpha value is -3.53. The number of piperidine rings is 1. The zero-order valence-electron chi connectivity index (χ0n) is 18.2. The number of hydrogen-bond donors (Lipinski definition) is 1. The van der Waals surface area contributed by atoms with Crippen LogP contribution in [0.2, 0.25) is 0 Å². The molecule has 1 N–H and O–H groups in total. The summed E-state index contributed by atoms with van der Waals surface area (Å²) in [4.78, 5) is 27.4. The van der Waals surface area contributed by atoms with Crippen LogP contribution in [0.4, 0.5) is 10.1 Å². The van der Waals surface area contributed by atoms with Crippen LogP contribution >= 0.6 is 11.3 Å². The number of aromatic nitrogens is 2. The molecule has 8 nitrogen and oxygen atoms in total. The molecule has 33 heavy (non-hydrogen) atoms. The molecule has 4 rings (SSSR count). The Balaban J connectivity index is 1.45. The van der Waals surface area contributed by atoms with Crippen LogP contribution in [0, 0.1) is 5.82 Å². The molecule has 1 aromatic heterocycles. The van der Waals surface area contributed by atoms with Crippen LogP contribution in [0.15, 0.2) is 42.5 Å². The van der Waals surface area contributed by atoms with Gasteiger partial charge in [-0.1, -0.05) is 17.4 Å². The van der Waals surface area contributed by atoms with E-state index in [-0.39, 0.29) is 16.8 Å². The standard InChI is InChI=1S/C23H23FN4O4S/c1-31-18-9-15(10-19(12-18)32-2)23(30)28-8-4-5-14(13-28)21-26-27-22(33-21)20(29)25-17-7-3-6-16(24)11-17/h3,6-7,9-12,14H,4-5,8,13H2,1-2H3,(H,25,29)/t14-/m1/s1. The molecule has 2 aromatic carbocycles. The number of methoxy groups -OCH3 is 2. The highest BCUT2D eigenvalue weighted by Crippen LogP contribution is 2.31. The molecular weight excluding hydrogens is 447 g/mol. The SMILES string of the molecule is COc1cc(OC)cc(C(=O)N2CCC[C@@H](c3nnc(C(=O)Nc4cccc(F)c4)s3)C2)c1. The van der Waals surface area contributed by atoms with Crippen LogP contribution in [0.3, 0.4) is 0 Å². The fraction of sp³-hybridized carbons (Fsp3) is 0.304. The Morgan fingerprint density at radius 1 is 1.12 bits per heavy atom. The third-order valence-electron chi connectivity index (χ3n) is 5.37. The summed E-state index contributed by atoms with van der Waals surface area (Å²) in [6.45, 7) is 1.10. The van der Waals surface area contributed by atoms with Crippen LogP contribution in [-0.2, 0) is 0 Å². The van der Waals surface area contributed by atoms with Crippen molar-refractivity contribution in [2.24, 2.45) is 0 Å². The van der Waals surface area contributed by atoms with E-state index < -0.39 is 11.7 Å². The number of hydrogen-bond acceptors (Lipinski definition) is 7. The minimum atomic E-state index is -0.448. The monoisotopic (exact) mass is 470 g/mol. The van der Waals surface area contributed by atoms with Gasteiger partial charge < -0.3 is 19.7 Å². The van der Waals surface area contributed by atoms with Gasteiger partial charge in [0.1, 0.15) is 22.3 Å². The third kappa shape index (κ3) is 5.28. The molecule has 2 amide bonds. The molecular formula is C23H23FN4O4S. The van der Waals surface area contributed by atoms with Crippen molar-refractivity contribution in [2.75, 3.05) is 32.6 Å². The summed E-state index contributed by atoms with van der Waals surface area (Å²) in [6, 6.07) is 10.7. The summed E-state index contributed by atoms with van der Waals surface area (Å²) >= 11 is 1.19. The molecule has 0 unspecified atom stereocenters. The van der Waals surface area contributed by atoms with Crippen molar-refractivity contribution >= 4 is 28.8 Å². The quantitative estimate of drug-likeness (QED) is 0.586. The van der Waals surface area contributed by atoms with E-state index in [2.05, 4.69) is 15.5 Å². The van der Waals surface area contributed by atoms with Gasteiger partial charge in [-0.3, -0.25) is 9.59 Å². The lowest BCUT2D eigenvalue weighted by Crippen LogP contribution is -2.39. The molecule has 2 heterocycles. The Bertz CT molecular complexity index is 1150. The van der Waals surface area contributed by atoms with E-state index >= 15 is 0 Å². The lowest BCUT2D eigenvalue weighted by molar-refractivity contribution is 0.0706. The molecule has 1 saturated heterocycles. The lowest BCUT2D eigenvalue weighted by Gasteiger charge is -2.31. The highest BCUT2D eigenvalue weighted by atomic mass is 32.1. The second kappa shape index (κ2) is 9.95. The summed E-state index contributed by atoms with van der Waals surface area (Å²) in [7, 11) is 3.08. The molecule has 0 aliphatic carbocycles. The number of benzene rings is 2. The van der Waals surface area contributed by atoms with E-state index in [9.17, 15) is 14.0 Å². The van der Waals surface area contributed by atoms with Crippen molar-refractivity contribution in [3.63, 3.8) is 0 Å². The van der Waals surface area contributed by atoms with Crippen molar-refractivity contribution in [3.8, 4) is 11.5 Å². The van der Waals surface area contributed by atoms with Gasteiger partial charge in [0.15, 0.2) is 0 Å². The zero-order chi connectivity index (χ0) is 23.4. The Labute approximate surface area is 194 Å². The van der Waals surface area contributed by atoms with Gasteiger partial charge in [-0.25, -0.2) is 4.39 Å². The molecule has 0 radical (unpaired) electrons. The Kier molecular flexibility index (Phi) is 6.83. The molecule has 0 bridgehead atoms. The van der Waals surface area contributed by atoms with Gasteiger partial charge in [0.05, 0.1) is 14.2 Å². The van der Waals surface area contributed by atoms with Gasteiger partial charge in [0, 0.05) is 36.3 Å². The molecule has 0 saturated carbocycles. The van der Waals surface area contributed by atoms with E-state index in [0.717, 1.165) is 12.8 Å². The molecule has 10 heteroatoms. The van der Waals surface area contributed by atoms with Gasteiger partial charge in [-0.2, -0.15) is 0 Å². The molecule has 1 aliphatic rings. The van der Waals surface area contributed by atoms with Crippen LogP contribution in [0.1, 0.15) is 43.9 Å². The fourth-order valence-corrected chi connectivity index (χ4v) is 4.58. The van der Waals surface area contributed by atoms with Crippen LogP contribution in [0.5, 0.6) is 11.5 Å². The number of anilines is 1. The van der Waals surface area contributed by atoms with Crippen molar-refractivity contribution in [1.82, 2.24) is 15.1 Å². The summed E-state index contributed by atoms with van der Waals surface area (Å²) in [5.41, 5.74) is 0.833. The lowest BCUT2D eigenvalue weighted by atomic mass is 9.98. The van der Waals surface area contributed by atoms with Crippen LogP contribution < -0.4 is 14.8 Å². The smallest absolute Gasteiger partial charge is 0.286 e. The van der Waals surface area contributed by atoms with Gasteiger partial charge >= 0.3 is 0 Å². The molecule has 3 aromatic rings. The first kappa shape index (κ1) is 22.7. The van der Waals surface area contributed by atoms with Crippen molar-refractivity contribution in [2.45, 2.75) is 18.8 Å². The van der Waals surface area contributed by atoms with Crippen molar-refractivity contribution < 1.29 is 23.5 Å². The van der Waals surface area contributed by atoms with Crippen LogP contribution in [0.25, 0.3) is 0 Å². The largest absolute Gasteiger partial charge is 0.497 e. The number of likely N-dealkylation sites (tertiary alicyclic amines) is 1. The number of rotatable bonds is 6. The first-order valence-electron chi connectivity index (χ1n) is 10.4. The Morgan fingerprint density at radius 2 is 1.88 bits per heavy atom. The average molecular weight is 471 g/mol. The van der Waals surface area contributed by atoms with Gasteiger partial charge in [0.2, 0.25) is 5.01 Å². The number of carbonyl (C=O) groups excluding carboxylic acids is 2. The molecule has 172 valence electrons. The average Bonchev–Trinajstić information content (AvgIpc) is 3.34. The maximum Gasteiger partial charge on any atom is 0.286 e. The first-order chi connectivity index (χ1) is 16.0. The first-order valence-corrected chi connectivity index (χ1v) is 11.2. The van der Waals surface area contributed by atoms with Crippen LogP contribution in [-0.4, -0.2) is 54.2 Å². The Morgan fingerprint density at radius 3 is 2.58 bits per heavy atom. The number of halogens is 1. The molecule has 1 atom stereocenters. The molecule has 0 spiro atoms. The van der Waals surface area contributed by atoms with E-state index in [1.807, 2.05) is 0 Å². The summed E-state index contributed by atoms with van der Waals surface area (Å²) in [5.74, 6) is 0.0607. The minimum Gasteiger partial charge on any atom is -0.497 e. The predicted molar refractivity (Wildman–Crippen MR) is 122 cm³/mol. The van der Waals surface area contributed by atoms with E-state index in [4.69, 9.17) is 9.47 Å². The predicted octanol–water partition coefficient (Wildman–Crippen LogP) is 3.97. The second-order valence-electron chi connectivity index (χ2n) is 7.60. The van der Waals surface area contributed by atoms with Gasteiger partial charge in [-0.15, -0.1) is 10.2 Å². The van der Waals surface area contributed by atoms with E-state index in [1.165, 1.54) is 43.8 Å². The normalized spacial score (nSPS) is 15.7. The van der Waals surface area contributed by atoms with Gasteiger partial charge in [0.25, 0.3) is 11.8 Å². The van der Waals surface area contributed by atoms with Gasteiger partial charge in [-0.05, 0) is 43.2 Å². The third-order valence-corrected chi connectivity index (χ3v) is 6.46. The zero-order valence-corrected chi connectivity index (χ0v) is 19.0. The van der Waals surface area contributed by atoms with E-state index in [1.54, 1.807) is 29.2 Å². The maximum atomic E-state index is 13.4. The number of nitrogens with one attached hydrogen (secondary N) is 1. The van der Waals surface area contributed by atoms with Crippen molar-refractivity contribution in [1.29, 1.82) is 0 Å². The molecule has 1 aliphatic heterocycles. The molecule has 1 fully saturated rings. The van der Waals surface area contributed by atoms with Crippen molar-refractivity contribution in [3.05, 3.63) is 63.9 Å². The highest BCUT2D eigenvalue weighted by molar-refractivity contribution is 7.13. The fourth-order valence-electron chi connectivity index (χ4n) is 3.72. The topological polar surface area (TPSA) is 93.7 Å². The van der Waals surface area contributed by atoms with E-state index in [0.29, 0.717) is 40.8 Å². The summed E-state index contributed by atoms with van der Waals surface area (Å²) in [6.07, 6.45) is 1.65. The highest BCUT2D eigenvalue weighted by Gasteiger charge is 2.29. The number of carbonyl (C=O) groups is 2. The number of ether oxygens (including phenoxy) is 2. The second-order valence-corrected chi connectivity index (χ2v) is 8.61. The minimum absolute atomic E-state index is 0.0246. The number of amides is 2. The number of nitrogens with zero attached hydrogens (tertiary/aromatic N) is 3. The summed E-state index contributed by atoms with van der Waals surface area (Å²) < 4.78 is 23.9. The maximum absolute atomic E-state index is 13.4.